The average molecular weight is 678 g/mol. The van der Waals surface area contributed by atoms with Gasteiger partial charge in [0.1, 0.15) is 18.3 Å². The zero-order valence-electron chi connectivity index (χ0n) is 23.2. The van der Waals surface area contributed by atoms with Gasteiger partial charge in [-0.3, -0.25) is 13.9 Å². The molecule has 0 aliphatic rings. The van der Waals surface area contributed by atoms with Crippen molar-refractivity contribution < 1.29 is 22.7 Å². The predicted octanol–water partition coefficient (Wildman–Crippen LogP) is 4.62. The summed E-state index contributed by atoms with van der Waals surface area (Å²) < 4.78 is 33.1. The Morgan fingerprint density at radius 2 is 1.62 bits per heavy atom. The van der Waals surface area contributed by atoms with Crippen molar-refractivity contribution >= 4 is 50.1 Å². The zero-order valence-corrected chi connectivity index (χ0v) is 26.2. The Hall–Kier alpha value is -3.12. The second kappa shape index (κ2) is 14.5. The highest BCUT2D eigenvalue weighted by atomic mass is 127. The molecule has 40 heavy (non-hydrogen) atoms. The third-order valence-corrected chi connectivity index (χ3v) is 8.41. The van der Waals surface area contributed by atoms with Crippen molar-refractivity contribution in [3.8, 4) is 5.75 Å². The van der Waals surface area contributed by atoms with Gasteiger partial charge in [-0.15, -0.1) is 0 Å². The summed E-state index contributed by atoms with van der Waals surface area (Å²) in [5.41, 5.74) is 2.01. The summed E-state index contributed by atoms with van der Waals surface area (Å²) in [5, 5.41) is 3.02. The molecule has 0 aliphatic carbocycles. The number of anilines is 1. The maximum absolute atomic E-state index is 14.1. The predicted molar refractivity (Wildman–Crippen MR) is 167 cm³/mol. The van der Waals surface area contributed by atoms with Crippen LogP contribution in [0.1, 0.15) is 31.4 Å². The zero-order chi connectivity index (χ0) is 29.3. The molecular formula is C30H36IN3O5S. The van der Waals surface area contributed by atoms with Crippen LogP contribution in [0, 0.1) is 3.57 Å². The number of rotatable bonds is 13. The van der Waals surface area contributed by atoms with E-state index in [-0.39, 0.29) is 24.9 Å². The summed E-state index contributed by atoms with van der Waals surface area (Å²) in [7, 11) is -2.25. The van der Waals surface area contributed by atoms with Crippen molar-refractivity contribution in [2.75, 3.05) is 24.2 Å². The molecule has 214 valence electrons. The van der Waals surface area contributed by atoms with E-state index in [9.17, 15) is 18.0 Å². The van der Waals surface area contributed by atoms with Crippen molar-refractivity contribution in [1.29, 1.82) is 0 Å². The first-order chi connectivity index (χ1) is 19.0. The molecule has 0 aliphatic heterocycles. The molecule has 0 bridgehead atoms. The quantitative estimate of drug-likeness (QED) is 0.267. The van der Waals surface area contributed by atoms with Crippen molar-refractivity contribution in [3.63, 3.8) is 0 Å². The third kappa shape index (κ3) is 8.95. The minimum atomic E-state index is -3.81. The first-order valence-electron chi connectivity index (χ1n) is 13.0. The molecule has 0 saturated heterocycles. The second-order valence-electron chi connectivity index (χ2n) is 9.64. The Morgan fingerprint density at radius 3 is 2.23 bits per heavy atom. The summed E-state index contributed by atoms with van der Waals surface area (Å²) in [6, 6.07) is 22.7. The van der Waals surface area contributed by atoms with E-state index >= 15 is 0 Å². The van der Waals surface area contributed by atoms with Crippen LogP contribution in [0.3, 0.4) is 0 Å². The number of ether oxygens (including phenoxy) is 1. The minimum Gasteiger partial charge on any atom is -0.497 e. The number of benzene rings is 3. The number of carbonyl (C=O) groups excluding carboxylic acids is 2. The Balaban J connectivity index is 2.06. The number of nitrogens with one attached hydrogen (secondary N) is 1. The van der Waals surface area contributed by atoms with Crippen molar-refractivity contribution in [3.05, 3.63) is 93.6 Å². The normalized spacial score (nSPS) is 12.7. The van der Waals surface area contributed by atoms with Crippen molar-refractivity contribution in [2.24, 2.45) is 0 Å². The van der Waals surface area contributed by atoms with Gasteiger partial charge in [0.15, 0.2) is 0 Å². The summed E-state index contributed by atoms with van der Waals surface area (Å²) >= 11 is 2.14. The molecule has 3 aromatic rings. The summed E-state index contributed by atoms with van der Waals surface area (Å²) in [6.45, 7) is 3.52. The molecule has 2 amide bonds. The van der Waals surface area contributed by atoms with Crippen molar-refractivity contribution in [1.82, 2.24) is 10.2 Å². The smallest absolute Gasteiger partial charge is 0.244 e. The van der Waals surface area contributed by atoms with Crippen LogP contribution in [0.5, 0.6) is 5.75 Å². The molecule has 1 N–H and O–H groups in total. The molecule has 2 atom stereocenters. The highest BCUT2D eigenvalue weighted by Crippen LogP contribution is 2.22. The van der Waals surface area contributed by atoms with Gasteiger partial charge in [0.25, 0.3) is 0 Å². The fraction of sp³-hybridized carbons (Fsp3) is 0.333. The van der Waals surface area contributed by atoms with E-state index in [0.29, 0.717) is 11.4 Å². The monoisotopic (exact) mass is 677 g/mol. The van der Waals surface area contributed by atoms with Gasteiger partial charge >= 0.3 is 0 Å². The Kier molecular flexibility index (Phi) is 11.4. The van der Waals surface area contributed by atoms with Crippen LogP contribution in [0.25, 0.3) is 0 Å². The summed E-state index contributed by atoms with van der Waals surface area (Å²) in [4.78, 5) is 29.3. The van der Waals surface area contributed by atoms with Gasteiger partial charge in [-0.1, -0.05) is 49.4 Å². The molecule has 0 spiro atoms. The van der Waals surface area contributed by atoms with Crippen LogP contribution in [0.15, 0.2) is 78.9 Å². The van der Waals surface area contributed by atoms with E-state index in [1.165, 1.54) is 4.90 Å². The number of hydrogen-bond donors (Lipinski definition) is 1. The number of carbonyl (C=O) groups is 2. The van der Waals surface area contributed by atoms with Crippen LogP contribution in [0.2, 0.25) is 0 Å². The largest absolute Gasteiger partial charge is 0.497 e. The molecule has 0 radical (unpaired) electrons. The van der Waals surface area contributed by atoms with Gasteiger partial charge in [0, 0.05) is 22.6 Å². The maximum atomic E-state index is 14.1. The average Bonchev–Trinajstić information content (AvgIpc) is 2.94. The van der Waals surface area contributed by atoms with E-state index in [2.05, 4.69) is 27.9 Å². The number of hydrogen-bond acceptors (Lipinski definition) is 5. The van der Waals surface area contributed by atoms with E-state index in [1.807, 2.05) is 56.3 Å². The van der Waals surface area contributed by atoms with E-state index in [0.717, 1.165) is 31.7 Å². The first-order valence-corrected chi connectivity index (χ1v) is 15.9. The van der Waals surface area contributed by atoms with Crippen LogP contribution < -0.4 is 14.4 Å². The fourth-order valence-corrected chi connectivity index (χ4v) is 5.39. The highest BCUT2D eigenvalue weighted by molar-refractivity contribution is 14.1. The standard InChI is InChI=1S/C30H36IN3O5S/c1-5-22(2)32-30(36)28(19-23-10-7-6-8-11-23)33(20-24-12-9-13-27(18-24)39-3)29(35)21-34(40(4,37)38)26-16-14-25(31)15-17-26/h6-18,22,28H,5,19-21H2,1-4H3,(H,32,36)/t22-,28-/m1/s1. The molecule has 3 aromatic carbocycles. The topological polar surface area (TPSA) is 96.0 Å². The molecule has 10 heteroatoms. The van der Waals surface area contributed by atoms with E-state index < -0.39 is 28.5 Å². The van der Waals surface area contributed by atoms with Gasteiger partial charge < -0.3 is 15.0 Å². The molecular weight excluding hydrogens is 641 g/mol. The second-order valence-corrected chi connectivity index (χ2v) is 12.8. The number of halogens is 1. The Morgan fingerprint density at radius 1 is 0.975 bits per heavy atom. The van der Waals surface area contributed by atoms with Gasteiger partial charge in [0.05, 0.1) is 19.1 Å². The van der Waals surface area contributed by atoms with Crippen LogP contribution in [0.4, 0.5) is 5.69 Å². The molecule has 0 fully saturated rings. The Bertz CT molecular complexity index is 1380. The first kappa shape index (κ1) is 31.4. The van der Waals surface area contributed by atoms with Crippen LogP contribution in [-0.2, 0) is 32.6 Å². The van der Waals surface area contributed by atoms with Gasteiger partial charge in [-0.25, -0.2) is 8.42 Å². The summed E-state index contributed by atoms with van der Waals surface area (Å²) in [5.74, 6) is -0.174. The molecule has 3 rings (SSSR count). The lowest BCUT2D eigenvalue weighted by molar-refractivity contribution is -0.140. The third-order valence-electron chi connectivity index (χ3n) is 6.55. The number of methoxy groups -OCH3 is 1. The minimum absolute atomic E-state index is 0.0890. The van der Waals surface area contributed by atoms with Crippen LogP contribution in [-0.4, -0.2) is 57.1 Å². The number of sulfonamides is 1. The fourth-order valence-electron chi connectivity index (χ4n) is 4.18. The molecule has 0 unspecified atom stereocenters. The van der Waals surface area contributed by atoms with Gasteiger partial charge in [0.2, 0.25) is 21.8 Å². The lowest BCUT2D eigenvalue weighted by Crippen LogP contribution is -2.54. The maximum Gasteiger partial charge on any atom is 0.244 e. The highest BCUT2D eigenvalue weighted by Gasteiger charge is 2.33. The lowest BCUT2D eigenvalue weighted by Gasteiger charge is -2.34. The molecule has 0 heterocycles. The molecule has 0 saturated carbocycles. The van der Waals surface area contributed by atoms with E-state index in [1.54, 1.807) is 43.5 Å². The van der Waals surface area contributed by atoms with Gasteiger partial charge in [-0.05, 0) is 83.5 Å². The number of amides is 2. The van der Waals surface area contributed by atoms with E-state index in [4.69, 9.17) is 4.74 Å². The van der Waals surface area contributed by atoms with Gasteiger partial charge in [-0.2, -0.15) is 0 Å². The van der Waals surface area contributed by atoms with Crippen molar-refractivity contribution in [2.45, 2.75) is 45.3 Å². The van der Waals surface area contributed by atoms with Crippen LogP contribution >= 0.6 is 22.6 Å². The lowest BCUT2D eigenvalue weighted by atomic mass is 10.0. The molecule has 0 aromatic heterocycles. The Labute approximate surface area is 250 Å². The molecule has 8 nitrogen and oxygen atoms in total. The SMILES string of the molecule is CC[C@@H](C)NC(=O)[C@@H](Cc1ccccc1)N(Cc1cccc(OC)c1)C(=O)CN(c1ccc(I)cc1)S(C)(=O)=O. The number of nitrogens with zero attached hydrogens (tertiary/aromatic N) is 2. The summed E-state index contributed by atoms with van der Waals surface area (Å²) in [6.07, 6.45) is 2.06.